The van der Waals surface area contributed by atoms with Crippen molar-refractivity contribution in [2.75, 3.05) is 26.9 Å². The second-order valence-corrected chi connectivity index (χ2v) is 7.67. The first kappa shape index (κ1) is 20.9. The van der Waals surface area contributed by atoms with Gasteiger partial charge in [-0.3, -0.25) is 4.79 Å². The maximum atomic E-state index is 13.3. The topological polar surface area (TPSA) is 87.0 Å². The van der Waals surface area contributed by atoms with Gasteiger partial charge in [-0.2, -0.15) is 0 Å². The summed E-state index contributed by atoms with van der Waals surface area (Å²) in [5, 5.41) is 9.65. The quantitative estimate of drug-likeness (QED) is 0.555. The molecule has 0 unspecified atom stereocenters. The van der Waals surface area contributed by atoms with Crippen LogP contribution < -0.4 is 9.47 Å². The van der Waals surface area contributed by atoms with E-state index in [1.807, 2.05) is 12.3 Å². The molecule has 1 N–H and O–H groups in total. The molecule has 0 radical (unpaired) electrons. The molecule has 7 heteroatoms. The van der Waals surface area contributed by atoms with Crippen LogP contribution in [0.2, 0.25) is 0 Å². The number of carbonyl (C=O) groups excluding carboxylic acids is 1. The van der Waals surface area contributed by atoms with Gasteiger partial charge in [0.05, 0.1) is 7.11 Å². The summed E-state index contributed by atoms with van der Waals surface area (Å²) in [5.41, 5.74) is 2.04. The summed E-state index contributed by atoms with van der Waals surface area (Å²) in [6.07, 6.45) is 3.87. The fraction of sp³-hybridized carbons (Fsp3) is 0.333. The maximum absolute atomic E-state index is 13.3. The molecule has 7 nitrogen and oxygen atoms in total. The molecule has 1 aromatic heterocycles. The summed E-state index contributed by atoms with van der Waals surface area (Å²) >= 11 is 0. The van der Waals surface area contributed by atoms with Gasteiger partial charge < -0.3 is 23.9 Å². The number of aromatic nitrogens is 1. The number of benzene rings is 2. The van der Waals surface area contributed by atoms with Crippen LogP contribution in [-0.2, 0) is 16.1 Å². The minimum Gasteiger partial charge on any atom is -0.497 e. The molecule has 0 atom stereocenters. The van der Waals surface area contributed by atoms with Crippen LogP contribution in [0.5, 0.6) is 11.5 Å². The Morgan fingerprint density at radius 2 is 1.81 bits per heavy atom. The number of ether oxygens (including phenoxy) is 3. The fourth-order valence-corrected chi connectivity index (χ4v) is 3.95. The molecule has 0 bridgehead atoms. The van der Waals surface area contributed by atoms with Crippen molar-refractivity contribution in [3.05, 3.63) is 59.8 Å². The predicted molar refractivity (Wildman–Crippen MR) is 115 cm³/mol. The molecule has 2 heterocycles. The third-order valence-electron chi connectivity index (χ3n) is 5.61. The Kier molecular flexibility index (Phi) is 6.23. The van der Waals surface area contributed by atoms with Crippen LogP contribution in [-0.4, -0.2) is 48.4 Å². The van der Waals surface area contributed by atoms with E-state index in [0.29, 0.717) is 28.5 Å². The summed E-state index contributed by atoms with van der Waals surface area (Å²) in [6, 6.07) is 12.4. The van der Waals surface area contributed by atoms with Crippen molar-refractivity contribution >= 4 is 22.7 Å². The van der Waals surface area contributed by atoms with E-state index in [4.69, 9.17) is 19.3 Å². The smallest absolute Gasteiger partial charge is 0.341 e. The molecule has 4 rings (SSSR count). The molecular formula is C24H25NO6. The molecule has 1 saturated heterocycles. The summed E-state index contributed by atoms with van der Waals surface area (Å²) in [5.74, 6) is 0.432. The normalized spacial score (nSPS) is 14.5. The summed E-state index contributed by atoms with van der Waals surface area (Å²) in [4.78, 5) is 24.2. The minimum atomic E-state index is -1.05. The fourth-order valence-electron chi connectivity index (χ4n) is 3.95. The highest BCUT2D eigenvalue weighted by molar-refractivity contribution is 6.16. The van der Waals surface area contributed by atoms with E-state index in [1.165, 1.54) is 0 Å². The predicted octanol–water partition coefficient (Wildman–Crippen LogP) is 3.77. The highest BCUT2D eigenvalue weighted by atomic mass is 16.5. The van der Waals surface area contributed by atoms with E-state index >= 15 is 0 Å². The number of hydrogen-bond donors (Lipinski definition) is 1. The Hall–Kier alpha value is -3.32. The van der Waals surface area contributed by atoms with Gasteiger partial charge in [0, 0.05) is 48.0 Å². The lowest BCUT2D eigenvalue weighted by atomic mass is 10.0. The number of hydrogen-bond acceptors (Lipinski definition) is 5. The number of methoxy groups -OCH3 is 1. The zero-order valence-electron chi connectivity index (χ0n) is 17.4. The van der Waals surface area contributed by atoms with Crippen LogP contribution in [0.25, 0.3) is 10.9 Å². The molecule has 31 heavy (non-hydrogen) atoms. The number of rotatable bonds is 8. The first-order valence-corrected chi connectivity index (χ1v) is 10.3. The van der Waals surface area contributed by atoms with Crippen LogP contribution >= 0.6 is 0 Å². The van der Waals surface area contributed by atoms with Gasteiger partial charge >= 0.3 is 5.97 Å². The molecule has 0 saturated carbocycles. The van der Waals surface area contributed by atoms with Gasteiger partial charge in [0.1, 0.15) is 11.5 Å². The number of fused-ring (bicyclic) bond motifs is 1. The molecular weight excluding hydrogens is 398 g/mol. The van der Waals surface area contributed by atoms with Gasteiger partial charge in [-0.05, 0) is 61.2 Å². The second-order valence-electron chi connectivity index (χ2n) is 7.67. The standard InChI is InChI=1S/C24H25NO6/c1-29-18-4-2-17(3-5-18)24(28)21-14-25(13-16-8-10-30-11-9-16)22-7-6-19(12-20(21)22)31-15-23(26)27/h2-7,12,14,16H,8-11,13,15H2,1H3,(H,26,27). The largest absolute Gasteiger partial charge is 0.497 e. The van der Waals surface area contributed by atoms with Crippen LogP contribution in [0.3, 0.4) is 0 Å². The highest BCUT2D eigenvalue weighted by Gasteiger charge is 2.21. The Labute approximate surface area is 180 Å². The molecule has 1 aliphatic heterocycles. The van der Waals surface area contributed by atoms with Gasteiger partial charge in [0.2, 0.25) is 0 Å². The van der Waals surface area contributed by atoms with Crippen molar-refractivity contribution in [3.63, 3.8) is 0 Å². The lowest BCUT2D eigenvalue weighted by molar-refractivity contribution is -0.139. The SMILES string of the molecule is COc1ccc(C(=O)c2cn(CC3CCOCC3)c3ccc(OCC(=O)O)cc23)cc1. The zero-order valence-corrected chi connectivity index (χ0v) is 17.4. The number of aliphatic carboxylic acids is 1. The molecule has 162 valence electrons. The number of carboxylic acids is 1. The number of nitrogens with zero attached hydrogens (tertiary/aromatic N) is 1. The monoisotopic (exact) mass is 423 g/mol. The van der Waals surface area contributed by atoms with Crippen molar-refractivity contribution in [1.82, 2.24) is 4.57 Å². The third kappa shape index (κ3) is 4.72. The Balaban J connectivity index is 1.72. The zero-order chi connectivity index (χ0) is 21.8. The molecule has 0 spiro atoms. The molecule has 2 aromatic carbocycles. The first-order valence-electron chi connectivity index (χ1n) is 10.3. The van der Waals surface area contributed by atoms with Gasteiger partial charge in [-0.1, -0.05) is 0 Å². The number of ketones is 1. The molecule has 3 aromatic rings. The van der Waals surface area contributed by atoms with Crippen molar-refractivity contribution in [1.29, 1.82) is 0 Å². The van der Waals surface area contributed by atoms with E-state index in [-0.39, 0.29) is 5.78 Å². The van der Waals surface area contributed by atoms with Gasteiger partial charge in [-0.15, -0.1) is 0 Å². The lowest BCUT2D eigenvalue weighted by Gasteiger charge is -2.22. The van der Waals surface area contributed by atoms with Gasteiger partial charge in [0.15, 0.2) is 12.4 Å². The van der Waals surface area contributed by atoms with E-state index in [1.54, 1.807) is 43.5 Å². The van der Waals surface area contributed by atoms with Gasteiger partial charge in [0.25, 0.3) is 0 Å². The van der Waals surface area contributed by atoms with Crippen molar-refractivity contribution in [2.45, 2.75) is 19.4 Å². The molecule has 1 fully saturated rings. The van der Waals surface area contributed by atoms with Crippen LogP contribution in [0, 0.1) is 5.92 Å². The highest BCUT2D eigenvalue weighted by Crippen LogP contribution is 2.30. The summed E-state index contributed by atoms with van der Waals surface area (Å²) in [7, 11) is 1.58. The summed E-state index contributed by atoms with van der Waals surface area (Å²) < 4.78 is 18.1. The average Bonchev–Trinajstić information content (AvgIpc) is 3.15. The van der Waals surface area contributed by atoms with Crippen LogP contribution in [0.1, 0.15) is 28.8 Å². The first-order chi connectivity index (χ1) is 15.0. The maximum Gasteiger partial charge on any atom is 0.341 e. The van der Waals surface area contributed by atoms with E-state index in [0.717, 1.165) is 43.5 Å². The van der Waals surface area contributed by atoms with Crippen molar-refractivity contribution in [2.24, 2.45) is 5.92 Å². The van der Waals surface area contributed by atoms with Crippen LogP contribution in [0.4, 0.5) is 0 Å². The van der Waals surface area contributed by atoms with Gasteiger partial charge in [-0.25, -0.2) is 4.79 Å². The van der Waals surface area contributed by atoms with Crippen LogP contribution in [0.15, 0.2) is 48.7 Å². The van der Waals surface area contributed by atoms with E-state index < -0.39 is 12.6 Å². The van der Waals surface area contributed by atoms with Crippen molar-refractivity contribution < 1.29 is 28.9 Å². The molecule has 1 aliphatic rings. The third-order valence-corrected chi connectivity index (χ3v) is 5.61. The van der Waals surface area contributed by atoms with Crippen molar-refractivity contribution in [3.8, 4) is 11.5 Å². The summed E-state index contributed by atoms with van der Waals surface area (Å²) in [6.45, 7) is 1.88. The Bertz CT molecular complexity index is 1080. The average molecular weight is 423 g/mol. The Morgan fingerprint density at radius 1 is 1.10 bits per heavy atom. The molecule has 0 aliphatic carbocycles. The molecule has 0 amide bonds. The van der Waals surface area contributed by atoms with E-state index in [2.05, 4.69) is 4.57 Å². The number of carboxylic acid groups (broad SMARTS) is 1. The van der Waals surface area contributed by atoms with E-state index in [9.17, 15) is 9.59 Å². The number of carbonyl (C=O) groups is 2. The second kappa shape index (κ2) is 9.22. The minimum absolute atomic E-state index is 0.103. The Morgan fingerprint density at radius 3 is 2.48 bits per heavy atom. The lowest BCUT2D eigenvalue weighted by Crippen LogP contribution is -2.20.